The number of carbonyl (C=O) groups is 2. The van der Waals surface area contributed by atoms with Crippen LogP contribution in [0.5, 0.6) is 11.5 Å². The highest BCUT2D eigenvalue weighted by Gasteiger charge is 2.26. The molecule has 0 aromatic heterocycles. The zero-order valence-electron chi connectivity index (χ0n) is 16.2. The maximum absolute atomic E-state index is 12.2. The number of amides is 1. The fourth-order valence-electron chi connectivity index (χ4n) is 2.94. The van der Waals surface area contributed by atoms with Crippen LogP contribution in [0.4, 0.5) is 0 Å². The van der Waals surface area contributed by atoms with Crippen LogP contribution >= 0.6 is 0 Å². The normalized spacial score (nSPS) is 22.9. The number of nitrogens with one attached hydrogen (secondary N) is 1. The Labute approximate surface area is 164 Å². The van der Waals surface area contributed by atoms with Crippen molar-refractivity contribution in [3.63, 3.8) is 0 Å². The largest absolute Gasteiger partial charge is 0.486 e. The number of benzene rings is 1. The quantitative estimate of drug-likeness (QED) is 0.669. The number of ether oxygens (including phenoxy) is 5. The van der Waals surface area contributed by atoms with Crippen LogP contribution in [0.3, 0.4) is 0 Å². The topological polar surface area (TPSA) is 92.3 Å². The smallest absolute Gasteiger partial charge is 0.335 e. The molecule has 3 rings (SSSR count). The zero-order valence-corrected chi connectivity index (χ0v) is 16.2. The second kappa shape index (κ2) is 9.75. The maximum atomic E-state index is 12.2. The van der Waals surface area contributed by atoms with Gasteiger partial charge in [-0.25, -0.2) is 4.79 Å². The van der Waals surface area contributed by atoms with Crippen molar-refractivity contribution in [2.24, 2.45) is 0 Å². The van der Waals surface area contributed by atoms with E-state index in [0.717, 1.165) is 19.4 Å². The van der Waals surface area contributed by atoms with Crippen LogP contribution in [0, 0.1) is 0 Å². The van der Waals surface area contributed by atoms with Crippen LogP contribution in [0.15, 0.2) is 24.3 Å². The molecule has 8 nitrogen and oxygen atoms in total. The Morgan fingerprint density at radius 2 is 1.96 bits per heavy atom. The van der Waals surface area contributed by atoms with Gasteiger partial charge in [0.1, 0.15) is 12.7 Å². The van der Waals surface area contributed by atoms with E-state index >= 15 is 0 Å². The third kappa shape index (κ3) is 5.59. The summed E-state index contributed by atoms with van der Waals surface area (Å²) in [5, 5.41) is 2.72. The first kappa shape index (κ1) is 20.4. The molecule has 2 aliphatic rings. The van der Waals surface area contributed by atoms with Gasteiger partial charge < -0.3 is 29.0 Å². The van der Waals surface area contributed by atoms with Crippen LogP contribution in [0.25, 0.3) is 0 Å². The summed E-state index contributed by atoms with van der Waals surface area (Å²) in [5.41, 5.74) is 0. The number of carbonyl (C=O) groups excluding carboxylic acids is 2. The molecule has 0 spiro atoms. The highest BCUT2D eigenvalue weighted by atomic mass is 16.6. The van der Waals surface area contributed by atoms with E-state index in [1.54, 1.807) is 6.92 Å². The molecule has 1 aromatic rings. The molecule has 8 heteroatoms. The van der Waals surface area contributed by atoms with Gasteiger partial charge >= 0.3 is 5.97 Å². The molecule has 1 saturated heterocycles. The van der Waals surface area contributed by atoms with Gasteiger partial charge in [-0.2, -0.15) is 0 Å². The molecule has 1 amide bonds. The fourth-order valence-corrected chi connectivity index (χ4v) is 2.94. The Bertz CT molecular complexity index is 674. The number of hydrogen-bond donors (Lipinski definition) is 1. The molecule has 0 aliphatic carbocycles. The Hall–Kier alpha value is -2.32. The molecule has 0 radical (unpaired) electrons. The van der Waals surface area contributed by atoms with Crippen molar-refractivity contribution >= 4 is 11.9 Å². The molecular weight excluding hydrogens is 366 g/mol. The monoisotopic (exact) mass is 393 g/mol. The summed E-state index contributed by atoms with van der Waals surface area (Å²) >= 11 is 0. The van der Waals surface area contributed by atoms with Gasteiger partial charge in [-0.3, -0.25) is 4.79 Å². The minimum Gasteiger partial charge on any atom is -0.486 e. The molecule has 1 N–H and O–H groups in total. The first-order valence-electron chi connectivity index (χ1n) is 9.63. The minimum absolute atomic E-state index is 0.0267. The SMILES string of the molecule is CC(OC(=O)C(C)OCC1CCCO1)C(=O)NCC1COc2ccccc2O1. The first-order valence-corrected chi connectivity index (χ1v) is 9.63. The van der Waals surface area contributed by atoms with Crippen molar-refractivity contribution < 1.29 is 33.3 Å². The molecule has 154 valence electrons. The number of esters is 1. The Balaban J connectivity index is 1.36. The van der Waals surface area contributed by atoms with E-state index in [9.17, 15) is 9.59 Å². The number of para-hydroxylation sites is 2. The predicted molar refractivity (Wildman–Crippen MR) is 99.3 cm³/mol. The van der Waals surface area contributed by atoms with Gasteiger partial charge in [0.2, 0.25) is 0 Å². The van der Waals surface area contributed by atoms with E-state index in [4.69, 9.17) is 23.7 Å². The average Bonchev–Trinajstić information content (AvgIpc) is 3.23. The van der Waals surface area contributed by atoms with Gasteiger partial charge in [0.05, 0.1) is 19.3 Å². The molecule has 0 saturated carbocycles. The van der Waals surface area contributed by atoms with Crippen LogP contribution in [-0.2, 0) is 23.8 Å². The summed E-state index contributed by atoms with van der Waals surface area (Å²) in [7, 11) is 0. The third-order valence-corrected chi connectivity index (χ3v) is 4.62. The second-order valence-electron chi connectivity index (χ2n) is 6.93. The molecule has 1 aromatic carbocycles. The number of rotatable bonds is 8. The van der Waals surface area contributed by atoms with Crippen LogP contribution in [0.2, 0.25) is 0 Å². The molecule has 0 bridgehead atoms. The highest BCUT2D eigenvalue weighted by Crippen LogP contribution is 2.30. The van der Waals surface area contributed by atoms with E-state index in [2.05, 4.69) is 5.32 Å². The molecule has 1 fully saturated rings. The summed E-state index contributed by atoms with van der Waals surface area (Å²) < 4.78 is 27.5. The van der Waals surface area contributed by atoms with Gasteiger partial charge in [0, 0.05) is 6.61 Å². The first-order chi connectivity index (χ1) is 13.5. The van der Waals surface area contributed by atoms with Crippen molar-refractivity contribution in [2.45, 2.75) is 51.1 Å². The van der Waals surface area contributed by atoms with Crippen molar-refractivity contribution in [3.8, 4) is 11.5 Å². The lowest BCUT2D eigenvalue weighted by Gasteiger charge is -2.27. The predicted octanol–water partition coefficient (Wildman–Crippen LogP) is 1.46. The van der Waals surface area contributed by atoms with E-state index in [0.29, 0.717) is 24.7 Å². The van der Waals surface area contributed by atoms with Gasteiger partial charge in [0.25, 0.3) is 5.91 Å². The lowest BCUT2D eigenvalue weighted by atomic mass is 10.2. The molecule has 4 atom stereocenters. The van der Waals surface area contributed by atoms with Crippen LogP contribution < -0.4 is 14.8 Å². The lowest BCUT2D eigenvalue weighted by Crippen LogP contribution is -2.45. The summed E-state index contributed by atoms with van der Waals surface area (Å²) in [6.07, 6.45) is -0.0398. The van der Waals surface area contributed by atoms with E-state index in [1.165, 1.54) is 6.92 Å². The molecule has 28 heavy (non-hydrogen) atoms. The van der Waals surface area contributed by atoms with E-state index < -0.39 is 24.1 Å². The highest BCUT2D eigenvalue weighted by molar-refractivity contribution is 5.84. The molecule has 2 aliphatic heterocycles. The van der Waals surface area contributed by atoms with Crippen LogP contribution in [-0.4, -0.2) is 62.7 Å². The van der Waals surface area contributed by atoms with Gasteiger partial charge in [-0.15, -0.1) is 0 Å². The van der Waals surface area contributed by atoms with Gasteiger partial charge in [0.15, 0.2) is 23.7 Å². The van der Waals surface area contributed by atoms with E-state index in [1.807, 2.05) is 24.3 Å². The summed E-state index contributed by atoms with van der Waals surface area (Å²) in [5.74, 6) is 0.350. The van der Waals surface area contributed by atoms with Crippen molar-refractivity contribution in [1.82, 2.24) is 5.32 Å². The van der Waals surface area contributed by atoms with Crippen molar-refractivity contribution in [3.05, 3.63) is 24.3 Å². The Morgan fingerprint density at radius 3 is 2.71 bits per heavy atom. The Morgan fingerprint density at radius 1 is 1.18 bits per heavy atom. The second-order valence-corrected chi connectivity index (χ2v) is 6.93. The molecular formula is C20H27NO7. The van der Waals surface area contributed by atoms with E-state index in [-0.39, 0.29) is 18.8 Å². The molecule has 2 heterocycles. The van der Waals surface area contributed by atoms with Gasteiger partial charge in [-0.1, -0.05) is 12.1 Å². The third-order valence-electron chi connectivity index (χ3n) is 4.62. The van der Waals surface area contributed by atoms with Crippen molar-refractivity contribution in [1.29, 1.82) is 0 Å². The zero-order chi connectivity index (χ0) is 19.9. The Kier molecular flexibility index (Phi) is 7.11. The van der Waals surface area contributed by atoms with Gasteiger partial charge in [-0.05, 0) is 38.8 Å². The lowest BCUT2D eigenvalue weighted by molar-refractivity contribution is -0.166. The van der Waals surface area contributed by atoms with Crippen molar-refractivity contribution in [2.75, 3.05) is 26.4 Å². The summed E-state index contributed by atoms with van der Waals surface area (Å²) in [6.45, 7) is 4.78. The minimum atomic E-state index is -0.932. The number of fused-ring (bicyclic) bond motifs is 1. The summed E-state index contributed by atoms with van der Waals surface area (Å²) in [4.78, 5) is 24.3. The summed E-state index contributed by atoms with van der Waals surface area (Å²) in [6, 6.07) is 7.36. The standard InChI is InChI=1S/C20H27NO7/c1-13(27-20(23)14(2)25-11-15-6-5-9-24-15)19(22)21-10-16-12-26-17-7-3-4-8-18(17)28-16/h3-4,7-8,13-16H,5-6,9-12H2,1-2H3,(H,21,22). The average molecular weight is 393 g/mol. The fraction of sp³-hybridized carbons (Fsp3) is 0.600. The number of hydrogen-bond acceptors (Lipinski definition) is 7. The molecule has 4 unspecified atom stereocenters. The maximum Gasteiger partial charge on any atom is 0.335 e. The van der Waals surface area contributed by atoms with Crippen LogP contribution in [0.1, 0.15) is 26.7 Å².